The summed E-state index contributed by atoms with van der Waals surface area (Å²) >= 11 is 0. The third kappa shape index (κ3) is 7.03. The van der Waals surface area contributed by atoms with Crippen LogP contribution in [0.25, 0.3) is 0 Å². The molecule has 1 atom stereocenters. The summed E-state index contributed by atoms with van der Waals surface area (Å²) in [6.45, 7) is 9.13. The Bertz CT molecular complexity index is 1100. The molecule has 0 saturated heterocycles. The predicted octanol–water partition coefficient (Wildman–Crippen LogP) is 3.49. The SMILES string of the molecule is Cc1ccc(S(=O)(=O)N(C)C)cc1NC(=O)C(C)OC(=O)COc1ccc(C(C)(C)C)cc1. The highest BCUT2D eigenvalue weighted by Gasteiger charge is 2.22. The van der Waals surface area contributed by atoms with Gasteiger partial charge >= 0.3 is 5.97 Å². The van der Waals surface area contributed by atoms with Gasteiger partial charge in [-0.3, -0.25) is 4.79 Å². The standard InChI is InChI=1S/C24H32N2O6S/c1-16-8-13-20(33(29,30)26(6)7)14-21(16)25-23(28)17(2)32-22(27)15-31-19-11-9-18(10-12-19)24(3,4)5/h8-14,17H,15H2,1-7H3,(H,25,28). The number of nitrogens with zero attached hydrogens (tertiary/aromatic N) is 1. The van der Waals surface area contributed by atoms with Crippen molar-refractivity contribution in [2.75, 3.05) is 26.0 Å². The lowest BCUT2D eigenvalue weighted by Gasteiger charge is -2.19. The molecule has 2 aromatic carbocycles. The van der Waals surface area contributed by atoms with Crippen molar-refractivity contribution in [3.8, 4) is 5.75 Å². The van der Waals surface area contributed by atoms with E-state index < -0.39 is 28.0 Å². The van der Waals surface area contributed by atoms with Gasteiger partial charge in [0.05, 0.1) is 4.90 Å². The first kappa shape index (κ1) is 26.3. The maximum Gasteiger partial charge on any atom is 0.344 e. The lowest BCUT2D eigenvalue weighted by molar-refractivity contribution is -0.155. The van der Waals surface area contributed by atoms with Crippen LogP contribution in [-0.2, 0) is 29.8 Å². The number of amides is 1. The average molecular weight is 477 g/mol. The van der Waals surface area contributed by atoms with Gasteiger partial charge in [0.15, 0.2) is 12.7 Å². The number of sulfonamides is 1. The van der Waals surface area contributed by atoms with E-state index in [0.29, 0.717) is 17.0 Å². The number of carbonyl (C=O) groups excluding carboxylic acids is 2. The van der Waals surface area contributed by atoms with E-state index in [9.17, 15) is 18.0 Å². The molecule has 0 aliphatic heterocycles. The second-order valence-electron chi connectivity index (χ2n) is 8.95. The summed E-state index contributed by atoms with van der Waals surface area (Å²) in [5.74, 6) is -0.759. The Balaban J connectivity index is 1.96. The fourth-order valence-electron chi connectivity index (χ4n) is 2.82. The molecule has 0 aliphatic rings. The third-order valence-corrected chi connectivity index (χ3v) is 6.81. The van der Waals surface area contributed by atoms with Gasteiger partial charge in [-0.2, -0.15) is 0 Å². The minimum absolute atomic E-state index is 0.00870. The number of anilines is 1. The van der Waals surface area contributed by atoms with Crippen LogP contribution in [0.2, 0.25) is 0 Å². The first-order valence-electron chi connectivity index (χ1n) is 10.5. The Hall–Kier alpha value is -2.91. The van der Waals surface area contributed by atoms with Crippen LogP contribution in [0.4, 0.5) is 5.69 Å². The lowest BCUT2D eigenvalue weighted by Crippen LogP contribution is -2.32. The van der Waals surface area contributed by atoms with Crippen molar-refractivity contribution in [3.05, 3.63) is 53.6 Å². The highest BCUT2D eigenvalue weighted by Crippen LogP contribution is 2.24. The van der Waals surface area contributed by atoms with Crippen molar-refractivity contribution in [2.45, 2.75) is 51.0 Å². The first-order valence-corrected chi connectivity index (χ1v) is 11.9. The minimum atomic E-state index is -3.66. The fraction of sp³-hybridized carbons (Fsp3) is 0.417. The van der Waals surface area contributed by atoms with Gasteiger partial charge in [0, 0.05) is 19.8 Å². The molecule has 0 bridgehead atoms. The van der Waals surface area contributed by atoms with Crippen LogP contribution in [0.5, 0.6) is 5.75 Å². The number of hydrogen-bond donors (Lipinski definition) is 1. The Labute approximate surface area is 195 Å². The minimum Gasteiger partial charge on any atom is -0.482 e. The van der Waals surface area contributed by atoms with Gasteiger partial charge in [-0.25, -0.2) is 17.5 Å². The summed E-state index contributed by atoms with van der Waals surface area (Å²) in [5, 5.41) is 2.62. The Morgan fingerprint density at radius 1 is 1.06 bits per heavy atom. The van der Waals surface area contributed by atoms with E-state index in [1.165, 1.54) is 33.2 Å². The predicted molar refractivity (Wildman–Crippen MR) is 127 cm³/mol. The quantitative estimate of drug-likeness (QED) is 0.585. The second kappa shape index (κ2) is 10.4. The molecule has 0 spiro atoms. The molecule has 1 unspecified atom stereocenters. The Morgan fingerprint density at radius 2 is 1.67 bits per heavy atom. The molecular weight excluding hydrogens is 444 g/mol. The largest absolute Gasteiger partial charge is 0.482 e. The van der Waals surface area contributed by atoms with Crippen LogP contribution in [0, 0.1) is 6.92 Å². The number of rotatable bonds is 8. The van der Waals surface area contributed by atoms with E-state index in [-0.39, 0.29) is 16.9 Å². The van der Waals surface area contributed by atoms with Crippen LogP contribution in [0.15, 0.2) is 47.4 Å². The van der Waals surface area contributed by atoms with E-state index in [4.69, 9.17) is 9.47 Å². The van der Waals surface area contributed by atoms with Gasteiger partial charge in [-0.1, -0.05) is 39.0 Å². The van der Waals surface area contributed by atoms with Crippen molar-refractivity contribution >= 4 is 27.6 Å². The highest BCUT2D eigenvalue weighted by atomic mass is 32.2. The smallest absolute Gasteiger partial charge is 0.344 e. The molecule has 0 radical (unpaired) electrons. The second-order valence-corrected chi connectivity index (χ2v) is 11.1. The fourth-order valence-corrected chi connectivity index (χ4v) is 3.75. The zero-order chi connectivity index (χ0) is 25.0. The van der Waals surface area contributed by atoms with Crippen LogP contribution in [0.1, 0.15) is 38.8 Å². The topological polar surface area (TPSA) is 102 Å². The van der Waals surface area contributed by atoms with E-state index >= 15 is 0 Å². The van der Waals surface area contributed by atoms with Gasteiger partial charge in [-0.05, 0) is 54.7 Å². The van der Waals surface area contributed by atoms with Crippen molar-refractivity contribution in [2.24, 2.45) is 0 Å². The summed E-state index contributed by atoms with van der Waals surface area (Å²) in [6.07, 6.45) is -1.10. The zero-order valence-electron chi connectivity index (χ0n) is 20.1. The molecule has 0 saturated carbocycles. The molecule has 0 aromatic heterocycles. The number of carbonyl (C=O) groups is 2. The van der Waals surface area contributed by atoms with Gasteiger partial charge in [0.25, 0.3) is 5.91 Å². The van der Waals surface area contributed by atoms with E-state index in [1.807, 2.05) is 12.1 Å². The summed E-state index contributed by atoms with van der Waals surface area (Å²) in [5.41, 5.74) is 2.14. The molecule has 180 valence electrons. The molecule has 0 fully saturated rings. The monoisotopic (exact) mass is 476 g/mol. The number of hydrogen-bond acceptors (Lipinski definition) is 6. The molecule has 1 amide bonds. The van der Waals surface area contributed by atoms with E-state index in [2.05, 4.69) is 26.1 Å². The summed E-state index contributed by atoms with van der Waals surface area (Å²) in [7, 11) is -0.803. The zero-order valence-corrected chi connectivity index (χ0v) is 20.9. The maximum absolute atomic E-state index is 12.5. The average Bonchev–Trinajstić information content (AvgIpc) is 2.73. The van der Waals surface area contributed by atoms with Crippen molar-refractivity contribution in [3.63, 3.8) is 0 Å². The van der Waals surface area contributed by atoms with Crippen molar-refractivity contribution < 1.29 is 27.5 Å². The number of ether oxygens (including phenoxy) is 2. The van der Waals surface area contributed by atoms with Gasteiger partial charge in [0.1, 0.15) is 5.75 Å². The number of esters is 1. The van der Waals surface area contributed by atoms with Gasteiger partial charge in [0.2, 0.25) is 10.0 Å². The summed E-state index contributed by atoms with van der Waals surface area (Å²) in [6, 6.07) is 11.9. The maximum atomic E-state index is 12.5. The molecule has 0 aliphatic carbocycles. The molecule has 33 heavy (non-hydrogen) atoms. The summed E-state index contributed by atoms with van der Waals surface area (Å²) in [4.78, 5) is 24.7. The van der Waals surface area contributed by atoms with Gasteiger partial charge in [-0.15, -0.1) is 0 Å². The molecule has 2 rings (SSSR count). The molecule has 9 heteroatoms. The number of nitrogens with one attached hydrogen (secondary N) is 1. The first-order chi connectivity index (χ1) is 15.2. The van der Waals surface area contributed by atoms with Crippen LogP contribution < -0.4 is 10.1 Å². The lowest BCUT2D eigenvalue weighted by atomic mass is 9.87. The van der Waals surface area contributed by atoms with Crippen molar-refractivity contribution in [1.82, 2.24) is 4.31 Å². The van der Waals surface area contributed by atoms with Gasteiger partial charge < -0.3 is 14.8 Å². The Kier molecular flexibility index (Phi) is 8.26. The van der Waals surface area contributed by atoms with Crippen molar-refractivity contribution in [1.29, 1.82) is 0 Å². The van der Waals surface area contributed by atoms with Crippen LogP contribution in [0.3, 0.4) is 0 Å². The van der Waals surface area contributed by atoms with E-state index in [1.54, 1.807) is 25.1 Å². The molecule has 0 heterocycles. The third-order valence-electron chi connectivity index (χ3n) is 5.00. The Morgan fingerprint density at radius 3 is 2.21 bits per heavy atom. The number of benzene rings is 2. The van der Waals surface area contributed by atoms with E-state index in [0.717, 1.165) is 9.87 Å². The number of aryl methyl sites for hydroxylation is 1. The molecule has 2 aromatic rings. The molecule has 1 N–H and O–H groups in total. The normalized spacial score (nSPS) is 12.8. The summed E-state index contributed by atoms with van der Waals surface area (Å²) < 4.78 is 36.4. The molecule has 8 nitrogen and oxygen atoms in total. The molecular formula is C24H32N2O6S. The van der Waals surface area contributed by atoms with Crippen LogP contribution in [-0.4, -0.2) is 51.4 Å². The van der Waals surface area contributed by atoms with Crippen LogP contribution >= 0.6 is 0 Å². The highest BCUT2D eigenvalue weighted by molar-refractivity contribution is 7.89.